The lowest BCUT2D eigenvalue weighted by Crippen LogP contribution is -2.40. The molecule has 0 radical (unpaired) electrons. The average Bonchev–Trinajstić information content (AvgIpc) is 2.60. The fraction of sp³-hybridized carbons (Fsp3) is 0.350. The smallest absolute Gasteiger partial charge is 0.246 e. The molecule has 2 aromatic rings. The predicted octanol–water partition coefficient (Wildman–Crippen LogP) is 3.46. The molecule has 1 atom stereocenters. The van der Waals surface area contributed by atoms with Crippen molar-refractivity contribution < 1.29 is 9.53 Å². The molecule has 0 saturated heterocycles. The van der Waals surface area contributed by atoms with Crippen molar-refractivity contribution in [1.29, 1.82) is 0 Å². The Hall–Kier alpha value is -2.33. The quantitative estimate of drug-likeness (QED) is 0.742. The molecule has 1 amide bonds. The van der Waals surface area contributed by atoms with Crippen LogP contribution in [-0.2, 0) is 16.1 Å². The zero-order valence-corrected chi connectivity index (χ0v) is 14.4. The number of hydrogen-bond donors (Lipinski definition) is 2. The number of para-hydroxylation sites is 1. The molecule has 2 rings (SSSR count). The number of carbonyl (C=O) groups excluding carboxylic acids is 1. The second-order valence-corrected chi connectivity index (χ2v) is 6.14. The molecule has 0 aliphatic rings. The maximum Gasteiger partial charge on any atom is 0.246 e. The van der Waals surface area contributed by atoms with Crippen LogP contribution < -0.4 is 10.6 Å². The van der Waals surface area contributed by atoms with E-state index in [0.717, 1.165) is 11.3 Å². The summed E-state index contributed by atoms with van der Waals surface area (Å²) in [5.74, 6) is 0.308. The number of hydrogen-bond acceptors (Lipinski definition) is 3. The van der Waals surface area contributed by atoms with E-state index in [-0.39, 0.29) is 18.6 Å². The molecule has 2 aromatic carbocycles. The lowest BCUT2D eigenvalue weighted by Gasteiger charge is -2.24. The number of rotatable bonds is 9. The zero-order chi connectivity index (χ0) is 17.2. The van der Waals surface area contributed by atoms with Crippen LogP contribution in [0, 0.1) is 5.92 Å². The van der Waals surface area contributed by atoms with Gasteiger partial charge in [0.15, 0.2) is 0 Å². The monoisotopic (exact) mass is 326 g/mol. The first kappa shape index (κ1) is 18.0. The van der Waals surface area contributed by atoms with Gasteiger partial charge in [-0.15, -0.1) is 0 Å². The van der Waals surface area contributed by atoms with Crippen molar-refractivity contribution in [3.8, 4) is 0 Å². The Kier molecular flexibility index (Phi) is 7.30. The Labute approximate surface area is 144 Å². The van der Waals surface area contributed by atoms with Gasteiger partial charge in [-0.1, -0.05) is 62.4 Å². The summed E-state index contributed by atoms with van der Waals surface area (Å²) in [5, 5.41) is 6.40. The highest BCUT2D eigenvalue weighted by molar-refractivity contribution is 5.77. The summed E-state index contributed by atoms with van der Waals surface area (Å²) in [6, 6.07) is 20.1. The second kappa shape index (κ2) is 9.73. The molecule has 0 aliphatic carbocycles. The molecular formula is C20H26N2O2. The van der Waals surface area contributed by atoms with E-state index in [2.05, 4.69) is 24.5 Å². The highest BCUT2D eigenvalue weighted by atomic mass is 16.5. The summed E-state index contributed by atoms with van der Waals surface area (Å²) in [6.07, 6.45) is 0. The lowest BCUT2D eigenvalue weighted by molar-refractivity contribution is -0.126. The minimum Gasteiger partial charge on any atom is -0.380 e. The Morgan fingerprint density at radius 3 is 2.25 bits per heavy atom. The maximum absolute atomic E-state index is 11.9. The Balaban J connectivity index is 1.72. The summed E-state index contributed by atoms with van der Waals surface area (Å²) < 4.78 is 5.46. The molecule has 0 heterocycles. The van der Waals surface area contributed by atoms with E-state index in [1.54, 1.807) is 0 Å². The van der Waals surface area contributed by atoms with Gasteiger partial charge < -0.3 is 15.4 Å². The molecule has 0 spiro atoms. The van der Waals surface area contributed by atoms with Gasteiger partial charge in [0, 0.05) is 18.3 Å². The number of nitrogens with one attached hydrogen (secondary N) is 2. The van der Waals surface area contributed by atoms with E-state index in [4.69, 9.17) is 4.74 Å². The third kappa shape index (κ3) is 6.42. The number of benzene rings is 2. The molecule has 2 N–H and O–H groups in total. The van der Waals surface area contributed by atoms with Gasteiger partial charge in [0.2, 0.25) is 5.91 Å². The van der Waals surface area contributed by atoms with Crippen LogP contribution in [0.5, 0.6) is 0 Å². The normalized spacial score (nSPS) is 12.0. The first-order valence-corrected chi connectivity index (χ1v) is 8.35. The SMILES string of the molecule is CC(C)C(CNC(=O)COCc1ccccc1)Nc1ccccc1. The fourth-order valence-electron chi connectivity index (χ4n) is 2.31. The molecule has 128 valence electrons. The van der Waals surface area contributed by atoms with E-state index in [0.29, 0.717) is 19.1 Å². The third-order valence-electron chi connectivity index (χ3n) is 3.79. The highest BCUT2D eigenvalue weighted by Gasteiger charge is 2.14. The number of amides is 1. The number of anilines is 1. The first-order valence-electron chi connectivity index (χ1n) is 8.35. The minimum absolute atomic E-state index is 0.0745. The van der Waals surface area contributed by atoms with Crippen molar-refractivity contribution in [3.05, 3.63) is 66.2 Å². The third-order valence-corrected chi connectivity index (χ3v) is 3.79. The molecule has 0 saturated carbocycles. The van der Waals surface area contributed by atoms with Gasteiger partial charge in [0.1, 0.15) is 6.61 Å². The molecule has 4 nitrogen and oxygen atoms in total. The van der Waals surface area contributed by atoms with E-state index in [1.807, 2.05) is 60.7 Å². The second-order valence-electron chi connectivity index (χ2n) is 6.14. The molecule has 0 fully saturated rings. The van der Waals surface area contributed by atoms with E-state index in [1.165, 1.54) is 0 Å². The predicted molar refractivity (Wildman–Crippen MR) is 97.8 cm³/mol. The van der Waals surface area contributed by atoms with Gasteiger partial charge in [-0.05, 0) is 23.6 Å². The van der Waals surface area contributed by atoms with E-state index in [9.17, 15) is 4.79 Å². The van der Waals surface area contributed by atoms with Crippen LogP contribution in [0.25, 0.3) is 0 Å². The Bertz CT molecular complexity index is 600. The van der Waals surface area contributed by atoms with Crippen molar-refractivity contribution in [1.82, 2.24) is 5.32 Å². The maximum atomic E-state index is 11.9. The Morgan fingerprint density at radius 2 is 1.62 bits per heavy atom. The van der Waals surface area contributed by atoms with Gasteiger partial charge in [-0.2, -0.15) is 0 Å². The summed E-state index contributed by atoms with van der Waals surface area (Å²) >= 11 is 0. The van der Waals surface area contributed by atoms with Gasteiger partial charge in [0.05, 0.1) is 6.61 Å². The lowest BCUT2D eigenvalue weighted by atomic mass is 10.0. The van der Waals surface area contributed by atoms with Crippen LogP contribution in [0.15, 0.2) is 60.7 Å². The van der Waals surface area contributed by atoms with Gasteiger partial charge in [-0.3, -0.25) is 4.79 Å². The van der Waals surface area contributed by atoms with Crippen molar-refractivity contribution in [2.75, 3.05) is 18.5 Å². The molecule has 4 heteroatoms. The van der Waals surface area contributed by atoms with Crippen LogP contribution >= 0.6 is 0 Å². The Morgan fingerprint density at radius 1 is 1.00 bits per heavy atom. The summed E-state index contributed by atoms with van der Waals surface area (Å²) in [7, 11) is 0. The van der Waals surface area contributed by atoms with Crippen LogP contribution in [0.2, 0.25) is 0 Å². The molecule has 0 aromatic heterocycles. The van der Waals surface area contributed by atoms with Gasteiger partial charge in [-0.25, -0.2) is 0 Å². The summed E-state index contributed by atoms with van der Waals surface area (Å²) in [5.41, 5.74) is 2.13. The average molecular weight is 326 g/mol. The molecular weight excluding hydrogens is 300 g/mol. The topological polar surface area (TPSA) is 50.4 Å². The highest BCUT2D eigenvalue weighted by Crippen LogP contribution is 2.11. The van der Waals surface area contributed by atoms with Crippen LogP contribution in [-0.4, -0.2) is 25.1 Å². The fourth-order valence-corrected chi connectivity index (χ4v) is 2.31. The molecule has 0 aliphatic heterocycles. The molecule has 1 unspecified atom stereocenters. The number of carbonyl (C=O) groups is 1. The largest absolute Gasteiger partial charge is 0.380 e. The van der Waals surface area contributed by atoms with Crippen LogP contribution in [0.3, 0.4) is 0 Å². The summed E-state index contributed by atoms with van der Waals surface area (Å²) in [6.45, 7) is 5.37. The van der Waals surface area contributed by atoms with E-state index < -0.39 is 0 Å². The standard InChI is InChI=1S/C20H26N2O2/c1-16(2)19(22-18-11-7-4-8-12-18)13-21-20(23)15-24-14-17-9-5-3-6-10-17/h3-12,16,19,22H,13-15H2,1-2H3,(H,21,23). The molecule has 24 heavy (non-hydrogen) atoms. The summed E-state index contributed by atoms with van der Waals surface area (Å²) in [4.78, 5) is 11.9. The van der Waals surface area contributed by atoms with Crippen molar-refractivity contribution >= 4 is 11.6 Å². The zero-order valence-electron chi connectivity index (χ0n) is 14.4. The first-order chi connectivity index (χ1) is 11.6. The van der Waals surface area contributed by atoms with Crippen LogP contribution in [0.1, 0.15) is 19.4 Å². The van der Waals surface area contributed by atoms with Crippen molar-refractivity contribution in [2.45, 2.75) is 26.5 Å². The van der Waals surface area contributed by atoms with Gasteiger partial charge >= 0.3 is 0 Å². The van der Waals surface area contributed by atoms with Crippen molar-refractivity contribution in [3.63, 3.8) is 0 Å². The van der Waals surface area contributed by atoms with Crippen molar-refractivity contribution in [2.24, 2.45) is 5.92 Å². The van der Waals surface area contributed by atoms with E-state index >= 15 is 0 Å². The van der Waals surface area contributed by atoms with Gasteiger partial charge in [0.25, 0.3) is 0 Å². The van der Waals surface area contributed by atoms with Crippen LogP contribution in [0.4, 0.5) is 5.69 Å². The number of ether oxygens (including phenoxy) is 1. The minimum atomic E-state index is -0.0913. The molecule has 0 bridgehead atoms.